The van der Waals surface area contributed by atoms with Crippen LogP contribution in [0.2, 0.25) is 0 Å². The van der Waals surface area contributed by atoms with Crippen molar-refractivity contribution in [1.82, 2.24) is 0 Å². The Morgan fingerprint density at radius 1 is 1.43 bits per heavy atom. The van der Waals surface area contributed by atoms with Crippen LogP contribution in [0.15, 0.2) is 35.3 Å². The molecule has 0 saturated heterocycles. The Balaban J connectivity index is 2.80. The van der Waals surface area contributed by atoms with Gasteiger partial charge in [0, 0.05) is 5.69 Å². The number of carbonyl (C=O) groups is 1. The first-order chi connectivity index (χ1) is 6.74. The Labute approximate surface area is 81.2 Å². The van der Waals surface area contributed by atoms with Crippen molar-refractivity contribution in [2.45, 2.75) is 0 Å². The van der Waals surface area contributed by atoms with E-state index in [-0.39, 0.29) is 5.84 Å². The summed E-state index contributed by atoms with van der Waals surface area (Å²) >= 11 is 0. The van der Waals surface area contributed by atoms with Crippen LogP contribution < -0.4 is 11.1 Å². The van der Waals surface area contributed by atoms with Crippen LogP contribution in [-0.4, -0.2) is 18.1 Å². The van der Waals surface area contributed by atoms with Crippen molar-refractivity contribution in [3.8, 4) is 0 Å². The summed E-state index contributed by atoms with van der Waals surface area (Å²) in [6, 6.07) is 9.00. The van der Waals surface area contributed by atoms with Gasteiger partial charge < -0.3 is 11.1 Å². The molecule has 5 heteroatoms. The fourth-order valence-corrected chi connectivity index (χ4v) is 0.880. The molecule has 1 aromatic rings. The number of hydrogen-bond acceptors (Lipinski definition) is 2. The quantitative estimate of drug-likeness (QED) is 0.470. The van der Waals surface area contributed by atoms with Gasteiger partial charge in [-0.25, -0.2) is 4.99 Å². The number of nitrogens with one attached hydrogen (secondary N) is 2. The van der Waals surface area contributed by atoms with Crippen molar-refractivity contribution in [3.63, 3.8) is 0 Å². The van der Waals surface area contributed by atoms with Gasteiger partial charge in [-0.15, -0.1) is 0 Å². The molecule has 0 radical (unpaired) electrons. The summed E-state index contributed by atoms with van der Waals surface area (Å²) in [4.78, 5) is 14.3. The van der Waals surface area contributed by atoms with E-state index in [1.165, 1.54) is 0 Å². The molecule has 0 atom stereocenters. The number of aliphatic imine (C=N–C) groups is 1. The van der Waals surface area contributed by atoms with E-state index in [1.807, 2.05) is 18.2 Å². The molecule has 72 valence electrons. The number of para-hydroxylation sites is 1. The first kappa shape index (κ1) is 9.91. The number of carbonyl (C=O) groups excluding carboxylic acids is 1. The van der Waals surface area contributed by atoms with Gasteiger partial charge in [-0.2, -0.15) is 0 Å². The molecule has 14 heavy (non-hydrogen) atoms. The third kappa shape index (κ3) is 2.71. The van der Waals surface area contributed by atoms with Gasteiger partial charge in [0.05, 0.1) is 0 Å². The van der Waals surface area contributed by atoms with E-state index >= 15 is 0 Å². The van der Waals surface area contributed by atoms with E-state index in [1.54, 1.807) is 12.1 Å². The smallest absolute Gasteiger partial charge is 0.284 e. The first-order valence-corrected chi connectivity index (χ1v) is 3.92. The number of rotatable bonds is 2. The summed E-state index contributed by atoms with van der Waals surface area (Å²) in [6.07, 6.45) is 0.760. The fraction of sp³-hybridized carbons (Fsp3) is 0. The average Bonchev–Trinajstić information content (AvgIpc) is 2.18. The van der Waals surface area contributed by atoms with E-state index in [0.717, 1.165) is 6.34 Å². The largest absolute Gasteiger partial charge is 0.363 e. The monoisotopic (exact) mass is 190 g/mol. The van der Waals surface area contributed by atoms with Gasteiger partial charge in [0.15, 0.2) is 5.84 Å². The van der Waals surface area contributed by atoms with Gasteiger partial charge in [-0.05, 0) is 12.1 Å². The summed E-state index contributed by atoms with van der Waals surface area (Å²) in [5, 5.41) is 9.44. The van der Waals surface area contributed by atoms with Crippen LogP contribution in [0, 0.1) is 5.41 Å². The number of amidine groups is 1. The SMILES string of the molecule is N=C/N=C(/Nc1ccccc1)C(N)=O. The lowest BCUT2D eigenvalue weighted by Crippen LogP contribution is -2.30. The molecule has 0 aliphatic heterocycles. The minimum Gasteiger partial charge on any atom is -0.363 e. The van der Waals surface area contributed by atoms with Crippen molar-refractivity contribution in [3.05, 3.63) is 30.3 Å². The zero-order valence-electron chi connectivity index (χ0n) is 7.40. The number of nitrogens with zero attached hydrogens (tertiary/aromatic N) is 1. The molecule has 0 unspecified atom stereocenters. The van der Waals surface area contributed by atoms with E-state index in [4.69, 9.17) is 11.1 Å². The van der Waals surface area contributed by atoms with Crippen molar-refractivity contribution >= 4 is 23.8 Å². The lowest BCUT2D eigenvalue weighted by Gasteiger charge is -2.04. The number of benzene rings is 1. The summed E-state index contributed by atoms with van der Waals surface area (Å²) < 4.78 is 0. The van der Waals surface area contributed by atoms with Crippen molar-refractivity contribution in [2.24, 2.45) is 10.7 Å². The molecule has 4 N–H and O–H groups in total. The zero-order chi connectivity index (χ0) is 10.4. The van der Waals surface area contributed by atoms with Crippen LogP contribution >= 0.6 is 0 Å². The Kier molecular flexibility index (Phi) is 3.37. The maximum absolute atomic E-state index is 10.8. The molecule has 0 spiro atoms. The topological polar surface area (TPSA) is 91.3 Å². The van der Waals surface area contributed by atoms with Gasteiger partial charge in [0.1, 0.15) is 6.34 Å². The second kappa shape index (κ2) is 4.76. The Morgan fingerprint density at radius 2 is 2.07 bits per heavy atom. The molecule has 0 fully saturated rings. The van der Waals surface area contributed by atoms with Crippen LogP contribution in [0.4, 0.5) is 5.69 Å². The highest BCUT2D eigenvalue weighted by Crippen LogP contribution is 2.04. The standard InChI is InChI=1S/C9H10N4O/c10-6-12-9(8(11)14)13-7-4-2-1-3-5-7/h1-6H,(H2,11,14)(H2,10,12,13). The molecule has 0 aliphatic rings. The lowest BCUT2D eigenvalue weighted by atomic mass is 10.3. The second-order valence-corrected chi connectivity index (χ2v) is 2.46. The molecule has 0 bridgehead atoms. The van der Waals surface area contributed by atoms with Crippen molar-refractivity contribution in [1.29, 1.82) is 5.41 Å². The summed E-state index contributed by atoms with van der Waals surface area (Å²) in [5.41, 5.74) is 5.74. The lowest BCUT2D eigenvalue weighted by molar-refractivity contribution is -0.111. The molecular weight excluding hydrogens is 180 g/mol. The number of primary amides is 1. The van der Waals surface area contributed by atoms with Crippen LogP contribution in [0.5, 0.6) is 0 Å². The van der Waals surface area contributed by atoms with Crippen molar-refractivity contribution in [2.75, 3.05) is 5.32 Å². The normalized spacial score (nSPS) is 10.7. The van der Waals surface area contributed by atoms with Gasteiger partial charge in [-0.1, -0.05) is 18.2 Å². The molecule has 1 amide bonds. The third-order valence-electron chi connectivity index (χ3n) is 1.46. The summed E-state index contributed by atoms with van der Waals surface area (Å²) in [6.45, 7) is 0. The van der Waals surface area contributed by atoms with Crippen LogP contribution in [0.1, 0.15) is 0 Å². The summed E-state index contributed by atoms with van der Waals surface area (Å²) in [7, 11) is 0. The van der Waals surface area contributed by atoms with Crippen LogP contribution in [0.3, 0.4) is 0 Å². The predicted molar refractivity (Wildman–Crippen MR) is 55.5 cm³/mol. The number of nitrogens with two attached hydrogens (primary N) is 1. The first-order valence-electron chi connectivity index (χ1n) is 3.92. The minimum atomic E-state index is -0.697. The highest BCUT2D eigenvalue weighted by Gasteiger charge is 2.05. The number of hydrogen-bond donors (Lipinski definition) is 3. The highest BCUT2D eigenvalue weighted by molar-refractivity contribution is 6.42. The van der Waals surface area contributed by atoms with Crippen LogP contribution in [0.25, 0.3) is 0 Å². The van der Waals surface area contributed by atoms with E-state index in [9.17, 15) is 4.79 Å². The average molecular weight is 190 g/mol. The fourth-order valence-electron chi connectivity index (χ4n) is 0.880. The molecule has 1 rings (SSSR count). The maximum atomic E-state index is 10.8. The van der Waals surface area contributed by atoms with Crippen LogP contribution in [-0.2, 0) is 4.79 Å². The Hall–Kier alpha value is -2.17. The number of amides is 1. The minimum absolute atomic E-state index is 0.0498. The second-order valence-electron chi connectivity index (χ2n) is 2.46. The molecule has 0 heterocycles. The molecule has 0 saturated carbocycles. The van der Waals surface area contributed by atoms with Gasteiger partial charge in [0.25, 0.3) is 5.91 Å². The van der Waals surface area contributed by atoms with E-state index in [2.05, 4.69) is 10.3 Å². The zero-order valence-corrected chi connectivity index (χ0v) is 7.40. The Morgan fingerprint density at radius 3 is 2.57 bits per heavy atom. The van der Waals surface area contributed by atoms with Gasteiger partial charge in [-0.3, -0.25) is 10.2 Å². The highest BCUT2D eigenvalue weighted by atomic mass is 16.1. The third-order valence-corrected chi connectivity index (χ3v) is 1.46. The van der Waals surface area contributed by atoms with E-state index in [0.29, 0.717) is 5.69 Å². The molecule has 0 aliphatic carbocycles. The molecular formula is C9H10N4O. The predicted octanol–water partition coefficient (Wildman–Crippen LogP) is 0.589. The van der Waals surface area contributed by atoms with Crippen molar-refractivity contribution < 1.29 is 4.79 Å². The maximum Gasteiger partial charge on any atom is 0.284 e. The van der Waals surface area contributed by atoms with E-state index < -0.39 is 5.91 Å². The van der Waals surface area contributed by atoms with Gasteiger partial charge >= 0.3 is 0 Å². The number of anilines is 1. The molecule has 5 nitrogen and oxygen atoms in total. The summed E-state index contributed by atoms with van der Waals surface area (Å²) in [5.74, 6) is -0.747. The molecule has 0 aromatic heterocycles. The Bertz CT molecular complexity index is 358. The van der Waals surface area contributed by atoms with Gasteiger partial charge in [0.2, 0.25) is 0 Å². The molecule has 1 aromatic carbocycles.